The normalized spacial score (nSPS) is 25.7. The third-order valence-corrected chi connectivity index (χ3v) is 7.08. The number of terminal acetylenes is 1. The lowest BCUT2D eigenvalue weighted by molar-refractivity contribution is -0.149. The summed E-state index contributed by atoms with van der Waals surface area (Å²) in [5.41, 5.74) is -3.36. The number of H-pyrrole nitrogens is 1. The number of benzene rings is 1. The third-order valence-electron chi connectivity index (χ3n) is 5.20. The van der Waals surface area contributed by atoms with Crippen LogP contribution in [0.5, 0.6) is 5.75 Å². The molecule has 0 bridgehead atoms. The minimum absolute atomic E-state index is 0.107. The summed E-state index contributed by atoms with van der Waals surface area (Å²) in [6.45, 7) is 3.95. The maximum atomic E-state index is 15.4. The molecule has 0 radical (unpaired) electrons. The van der Waals surface area contributed by atoms with Gasteiger partial charge in [0.05, 0.1) is 12.7 Å². The number of hydrogen-bond donors (Lipinski definition) is 3. The zero-order valence-corrected chi connectivity index (χ0v) is 21.9. The molecule has 0 spiro atoms. The fraction of sp³-hybridized carbons (Fsp3) is 0.435. The number of rotatable bonds is 10. The Morgan fingerprint density at radius 3 is 2.65 bits per heavy atom. The maximum Gasteiger partial charge on any atom is 0.459 e. The second-order valence-electron chi connectivity index (χ2n) is 8.45. The number of aliphatic hydroxyl groups is 1. The molecule has 1 aliphatic rings. The number of carbonyl (C=O) groups is 1. The molecule has 1 fully saturated rings. The first-order valence-electron chi connectivity index (χ1n) is 11.2. The van der Waals surface area contributed by atoms with Crippen LogP contribution in [-0.4, -0.2) is 57.3 Å². The van der Waals surface area contributed by atoms with Crippen molar-refractivity contribution in [2.75, 3.05) is 6.61 Å². The van der Waals surface area contributed by atoms with Crippen molar-refractivity contribution in [2.24, 2.45) is 0 Å². The fourth-order valence-corrected chi connectivity index (χ4v) is 5.08. The van der Waals surface area contributed by atoms with Crippen LogP contribution in [0.25, 0.3) is 0 Å². The number of halogens is 1. The lowest BCUT2D eigenvalue weighted by Crippen LogP contribution is -2.45. The zero-order chi connectivity index (χ0) is 27.4. The topological polar surface area (TPSA) is 141 Å². The second kappa shape index (κ2) is 11.7. The van der Waals surface area contributed by atoms with E-state index in [2.05, 4.69) is 10.1 Å². The van der Waals surface area contributed by atoms with Gasteiger partial charge in [-0.05, 0) is 39.0 Å². The number of carbonyl (C=O) groups excluding carboxylic acids is 1. The van der Waals surface area contributed by atoms with Crippen LogP contribution in [0.15, 0.2) is 47.4 Å². The van der Waals surface area contributed by atoms with E-state index in [1.807, 2.05) is 5.92 Å². The minimum atomic E-state index is -4.35. The van der Waals surface area contributed by atoms with Crippen LogP contribution in [0, 0.1) is 17.0 Å². The molecule has 2 aromatic rings. The third kappa shape index (κ3) is 6.73. The molecule has 1 saturated heterocycles. The molecule has 2 heterocycles. The van der Waals surface area contributed by atoms with Gasteiger partial charge in [-0.1, -0.05) is 36.3 Å². The van der Waals surface area contributed by atoms with Crippen molar-refractivity contribution in [3.05, 3.63) is 57.7 Å². The molecule has 1 aliphatic heterocycles. The molecule has 2 unspecified atom stereocenters. The Bertz CT molecular complexity index is 1310. The number of alkyl halides is 1. The lowest BCUT2D eigenvalue weighted by Gasteiger charge is -2.25. The lowest BCUT2D eigenvalue weighted by atomic mass is 9.96. The molecule has 0 saturated carbocycles. The van der Waals surface area contributed by atoms with E-state index in [0.29, 0.717) is 0 Å². The molecule has 3 N–H and O–H groups in total. The van der Waals surface area contributed by atoms with Gasteiger partial charge in [-0.3, -0.25) is 18.9 Å². The van der Waals surface area contributed by atoms with Crippen LogP contribution in [-0.2, 0) is 23.4 Å². The van der Waals surface area contributed by atoms with Gasteiger partial charge in [0, 0.05) is 6.20 Å². The Morgan fingerprint density at radius 1 is 1.38 bits per heavy atom. The van der Waals surface area contributed by atoms with Crippen LogP contribution in [0.2, 0.25) is 0 Å². The van der Waals surface area contributed by atoms with Gasteiger partial charge < -0.3 is 19.1 Å². The molecule has 37 heavy (non-hydrogen) atoms. The average Bonchev–Trinajstić information content (AvgIpc) is 3.08. The summed E-state index contributed by atoms with van der Waals surface area (Å²) in [5, 5.41) is 13.3. The largest absolute Gasteiger partial charge is 0.462 e. The van der Waals surface area contributed by atoms with Gasteiger partial charge in [0.25, 0.3) is 0 Å². The number of hydrogen-bond acceptors (Lipinski definition) is 9. The Balaban J connectivity index is 1.84. The number of ether oxygens (including phenoxy) is 2. The van der Waals surface area contributed by atoms with E-state index >= 15 is 4.39 Å². The van der Waals surface area contributed by atoms with Crippen molar-refractivity contribution >= 4 is 25.9 Å². The van der Waals surface area contributed by atoms with Crippen LogP contribution in [0.1, 0.15) is 27.0 Å². The van der Waals surface area contributed by atoms with Gasteiger partial charge in [0.15, 0.2) is 12.4 Å². The predicted molar refractivity (Wildman–Crippen MR) is 133 cm³/mol. The number of nitrogens with zero attached hydrogens (tertiary/aromatic N) is 1. The number of aromatic nitrogens is 2. The zero-order valence-electron chi connectivity index (χ0n) is 20.2. The highest BCUT2D eigenvalue weighted by Crippen LogP contribution is 2.47. The van der Waals surface area contributed by atoms with E-state index in [4.69, 9.17) is 37.2 Å². The van der Waals surface area contributed by atoms with E-state index in [9.17, 15) is 19.3 Å². The molecule has 1 aromatic carbocycles. The molecule has 6 atom stereocenters. The summed E-state index contributed by atoms with van der Waals surface area (Å²) in [6, 6.07) is 8.13. The predicted octanol–water partition coefficient (Wildman–Crippen LogP) is 2.64. The number of para-hydroxylation sites is 1. The Kier molecular flexibility index (Phi) is 9.07. The van der Waals surface area contributed by atoms with Gasteiger partial charge in [0.1, 0.15) is 22.5 Å². The first-order valence-corrected chi connectivity index (χ1v) is 13.1. The van der Waals surface area contributed by atoms with Gasteiger partial charge in [-0.25, -0.2) is 13.8 Å². The summed E-state index contributed by atoms with van der Waals surface area (Å²) in [7, 11) is -4.35. The molecule has 1 aromatic heterocycles. The Hall–Kier alpha value is -2.85. The molecule has 0 aliphatic carbocycles. The first-order chi connectivity index (χ1) is 17.4. The van der Waals surface area contributed by atoms with Crippen molar-refractivity contribution in [2.45, 2.75) is 57.0 Å². The fourth-order valence-electron chi connectivity index (χ4n) is 3.43. The molecule has 3 rings (SSSR count). The van der Waals surface area contributed by atoms with Gasteiger partial charge >= 0.3 is 19.4 Å². The van der Waals surface area contributed by atoms with E-state index in [1.165, 1.54) is 31.3 Å². The van der Waals surface area contributed by atoms with Crippen molar-refractivity contribution in [1.29, 1.82) is 0 Å². The summed E-state index contributed by atoms with van der Waals surface area (Å²) in [6.07, 6.45) is 0.678. The van der Waals surface area contributed by atoms with E-state index < -0.39 is 62.3 Å². The molecule has 0 amide bonds. The van der Waals surface area contributed by atoms with Crippen molar-refractivity contribution < 1.29 is 37.4 Å². The number of esters is 1. The summed E-state index contributed by atoms with van der Waals surface area (Å²) in [5.74, 6) is 1.35. The minimum Gasteiger partial charge on any atom is -0.462 e. The first kappa shape index (κ1) is 28.7. The molecule has 11 nitrogen and oxygen atoms in total. The van der Waals surface area contributed by atoms with Gasteiger partial charge in [0.2, 0.25) is 5.60 Å². The van der Waals surface area contributed by atoms with Crippen molar-refractivity contribution in [3.8, 4) is 18.1 Å². The van der Waals surface area contributed by atoms with Crippen LogP contribution >= 0.6 is 20.0 Å². The highest BCUT2D eigenvalue weighted by Gasteiger charge is 2.57. The Morgan fingerprint density at radius 2 is 2.05 bits per heavy atom. The quantitative estimate of drug-likeness (QED) is 0.173. The van der Waals surface area contributed by atoms with Gasteiger partial charge in [-0.15, -0.1) is 6.42 Å². The maximum absolute atomic E-state index is 15.4. The Labute approximate surface area is 217 Å². The molecule has 14 heteroatoms. The SMILES string of the molecule is C#CC1(O)[C@@H](F)[C@@H](COP(=O)(N[C@@H](C)C(=O)OC(C)C)Oc2ccccc2)O[C@H]1n1ccc(=S)[nH]c1=O. The summed E-state index contributed by atoms with van der Waals surface area (Å²) >= 11 is 4.89. The van der Waals surface area contributed by atoms with E-state index in [0.717, 1.165) is 4.57 Å². The smallest absolute Gasteiger partial charge is 0.459 e. The van der Waals surface area contributed by atoms with Crippen LogP contribution in [0.4, 0.5) is 4.39 Å². The number of aromatic amines is 1. The molecular formula is C23H27FN3O8PS. The van der Waals surface area contributed by atoms with Gasteiger partial charge in [-0.2, -0.15) is 5.09 Å². The number of nitrogens with one attached hydrogen (secondary N) is 2. The highest BCUT2D eigenvalue weighted by atomic mass is 32.1. The standard InChI is InChI=1S/C23H27FN3O8PS/c1-5-23(30)19(24)17(34-21(23)27-12-11-18(37)25-22(27)29)13-32-36(31,35-16-9-7-6-8-10-16)26-15(4)20(28)33-14(2)3/h1,6-12,14-15,17,19,21,30H,13H2,2-4H3,(H,26,31)(H,25,29,37)/t15-,17+,19-,21+,23?,36?/m0/s1. The second-order valence-corrected chi connectivity index (χ2v) is 10.6. The van der Waals surface area contributed by atoms with Crippen LogP contribution in [0.3, 0.4) is 0 Å². The van der Waals surface area contributed by atoms with E-state index in [-0.39, 0.29) is 10.4 Å². The molecular weight excluding hydrogens is 528 g/mol. The summed E-state index contributed by atoms with van der Waals surface area (Å²) in [4.78, 5) is 26.9. The highest BCUT2D eigenvalue weighted by molar-refractivity contribution is 7.71. The van der Waals surface area contributed by atoms with Crippen molar-refractivity contribution in [3.63, 3.8) is 0 Å². The van der Waals surface area contributed by atoms with Crippen LogP contribution < -0.4 is 15.3 Å². The van der Waals surface area contributed by atoms with E-state index in [1.54, 1.807) is 32.0 Å². The average molecular weight is 556 g/mol. The van der Waals surface area contributed by atoms with Crippen molar-refractivity contribution in [1.82, 2.24) is 14.6 Å². The monoisotopic (exact) mass is 555 g/mol. The summed E-state index contributed by atoms with van der Waals surface area (Å²) < 4.78 is 51.5. The molecule has 200 valence electrons.